The fourth-order valence-electron chi connectivity index (χ4n) is 1.55. The Morgan fingerprint density at radius 1 is 1.35 bits per heavy atom. The summed E-state index contributed by atoms with van der Waals surface area (Å²) in [5.74, 6) is 1.17. The zero-order chi connectivity index (χ0) is 15.4. The molecule has 0 bridgehead atoms. The number of nitrogens with one attached hydrogen (secondary N) is 1. The molecule has 0 aliphatic heterocycles. The van der Waals surface area contributed by atoms with Gasteiger partial charge < -0.3 is 9.15 Å². The van der Waals surface area contributed by atoms with E-state index in [4.69, 9.17) is 9.15 Å². The van der Waals surface area contributed by atoms with E-state index in [1.54, 1.807) is 12.1 Å². The lowest BCUT2D eigenvalue weighted by Crippen LogP contribution is -2.30. The minimum absolute atomic E-state index is 0.0834. The third-order valence-electron chi connectivity index (χ3n) is 2.28. The predicted molar refractivity (Wildman–Crippen MR) is 77.2 cm³/mol. The van der Waals surface area contributed by atoms with Gasteiger partial charge in [-0.15, -0.1) is 0 Å². The molecule has 9 heteroatoms. The molecule has 0 amide bonds. The molecule has 0 saturated carbocycles. The third kappa shape index (κ3) is 5.61. The summed E-state index contributed by atoms with van der Waals surface area (Å²) < 4.78 is 51.2. The molecule has 7 nitrogen and oxygen atoms in total. The van der Waals surface area contributed by atoms with Crippen LogP contribution in [-0.2, 0) is 31.1 Å². The van der Waals surface area contributed by atoms with Crippen molar-refractivity contribution in [3.63, 3.8) is 0 Å². The first-order valence-electron chi connectivity index (χ1n) is 5.95. The van der Waals surface area contributed by atoms with Crippen LogP contribution in [0.4, 0.5) is 0 Å². The summed E-state index contributed by atoms with van der Waals surface area (Å²) in [6.45, 7) is 2.01. The van der Waals surface area contributed by atoms with E-state index in [-0.39, 0.29) is 6.61 Å². The van der Waals surface area contributed by atoms with Crippen molar-refractivity contribution >= 4 is 19.9 Å². The molecule has 1 N–H and O–H groups in total. The molecule has 1 heterocycles. The Balaban J connectivity index is 3.02. The first-order valence-corrected chi connectivity index (χ1v) is 9.72. The van der Waals surface area contributed by atoms with E-state index >= 15 is 0 Å². The van der Waals surface area contributed by atoms with Crippen LogP contribution in [0, 0.1) is 0 Å². The largest absolute Gasteiger partial charge is 0.464 e. The topological polar surface area (TPSA) is 98.0 Å². The Kier molecular flexibility index (Phi) is 5.75. The van der Waals surface area contributed by atoms with E-state index in [1.807, 2.05) is 6.92 Å². The second-order valence-electron chi connectivity index (χ2n) is 4.51. The van der Waals surface area contributed by atoms with Crippen molar-refractivity contribution in [2.24, 2.45) is 3.77 Å². The fourth-order valence-corrected chi connectivity index (χ4v) is 4.16. The highest BCUT2D eigenvalue weighted by molar-refractivity contribution is 8.01. The second-order valence-corrected chi connectivity index (χ2v) is 8.66. The van der Waals surface area contributed by atoms with Gasteiger partial charge in [-0.1, -0.05) is 10.7 Å². The molecule has 116 valence electrons. The Morgan fingerprint density at radius 2 is 2.00 bits per heavy atom. The van der Waals surface area contributed by atoms with Crippen molar-refractivity contribution in [2.75, 3.05) is 26.2 Å². The molecule has 0 aromatic carbocycles. The molecule has 0 aliphatic rings. The highest BCUT2D eigenvalue weighted by Gasteiger charge is 2.22. The van der Waals surface area contributed by atoms with Crippen molar-refractivity contribution in [1.82, 2.24) is 4.72 Å². The van der Waals surface area contributed by atoms with Crippen molar-refractivity contribution in [2.45, 2.75) is 19.4 Å². The van der Waals surface area contributed by atoms with Gasteiger partial charge in [0.25, 0.3) is 0 Å². The highest BCUT2D eigenvalue weighted by atomic mass is 32.3. The van der Waals surface area contributed by atoms with Crippen LogP contribution in [0.5, 0.6) is 0 Å². The molecule has 1 unspecified atom stereocenters. The van der Waals surface area contributed by atoms with Crippen molar-refractivity contribution in [3.8, 4) is 0 Å². The minimum atomic E-state index is -4.05. The Labute approximate surface area is 120 Å². The highest BCUT2D eigenvalue weighted by Crippen LogP contribution is 2.19. The third-order valence-corrected chi connectivity index (χ3v) is 5.08. The van der Waals surface area contributed by atoms with Gasteiger partial charge in [0.15, 0.2) is 0 Å². The SMILES string of the molecule is CCc1ccc(C(COC)NS(=O)(=O)N=S(C)(C)=O)o1. The summed E-state index contributed by atoms with van der Waals surface area (Å²) >= 11 is 0. The molecular weight excluding hydrogens is 304 g/mol. The van der Waals surface area contributed by atoms with Crippen LogP contribution < -0.4 is 4.72 Å². The number of nitrogens with zero attached hydrogens (tertiary/aromatic N) is 1. The maximum atomic E-state index is 11.8. The molecule has 0 saturated heterocycles. The molecule has 0 fully saturated rings. The van der Waals surface area contributed by atoms with Gasteiger partial charge in [0, 0.05) is 26.0 Å². The first kappa shape index (κ1) is 17.2. The number of furan rings is 1. The van der Waals surface area contributed by atoms with Crippen molar-refractivity contribution < 1.29 is 21.8 Å². The molecule has 1 atom stereocenters. The zero-order valence-corrected chi connectivity index (χ0v) is 13.6. The lowest BCUT2D eigenvalue weighted by atomic mass is 10.2. The second kappa shape index (κ2) is 6.70. The van der Waals surface area contributed by atoms with Crippen LogP contribution in [0.1, 0.15) is 24.5 Å². The van der Waals surface area contributed by atoms with E-state index in [1.165, 1.54) is 19.6 Å². The number of hydrogen-bond donors (Lipinski definition) is 1. The summed E-state index contributed by atoms with van der Waals surface area (Å²) in [7, 11) is -5.37. The summed E-state index contributed by atoms with van der Waals surface area (Å²) in [5.41, 5.74) is 0. The zero-order valence-electron chi connectivity index (χ0n) is 12.0. The average Bonchev–Trinajstić information content (AvgIpc) is 2.73. The molecule has 0 spiro atoms. The fraction of sp³-hybridized carbons (Fsp3) is 0.636. The van der Waals surface area contributed by atoms with E-state index in [0.717, 1.165) is 5.76 Å². The summed E-state index contributed by atoms with van der Waals surface area (Å²) in [6, 6.07) is 2.74. The van der Waals surface area contributed by atoms with Crippen LogP contribution in [0.25, 0.3) is 0 Å². The number of rotatable bonds is 7. The van der Waals surface area contributed by atoms with Gasteiger partial charge in [-0.2, -0.15) is 13.1 Å². The Hall–Kier alpha value is -0.900. The van der Waals surface area contributed by atoms with Crippen LogP contribution in [0.3, 0.4) is 0 Å². The number of ether oxygens (including phenoxy) is 1. The minimum Gasteiger partial charge on any atom is -0.464 e. The average molecular weight is 324 g/mol. The summed E-state index contributed by atoms with van der Waals surface area (Å²) in [4.78, 5) is 0. The van der Waals surface area contributed by atoms with E-state index in [0.29, 0.717) is 12.2 Å². The quantitative estimate of drug-likeness (QED) is 0.809. The first-order chi connectivity index (χ1) is 9.17. The van der Waals surface area contributed by atoms with E-state index in [2.05, 4.69) is 8.49 Å². The van der Waals surface area contributed by atoms with Crippen LogP contribution >= 0.6 is 0 Å². The van der Waals surface area contributed by atoms with Crippen molar-refractivity contribution in [1.29, 1.82) is 0 Å². The molecule has 1 rings (SSSR count). The smallest absolute Gasteiger partial charge is 0.328 e. The number of methoxy groups -OCH3 is 1. The maximum absolute atomic E-state index is 11.8. The molecule has 0 aliphatic carbocycles. The van der Waals surface area contributed by atoms with Crippen LogP contribution in [0.15, 0.2) is 20.3 Å². The number of aryl methyl sites for hydroxylation is 1. The Morgan fingerprint density at radius 3 is 2.45 bits per heavy atom. The van der Waals surface area contributed by atoms with Gasteiger partial charge in [-0.25, -0.2) is 4.21 Å². The number of hydrogen-bond acceptors (Lipinski definition) is 5. The van der Waals surface area contributed by atoms with Gasteiger partial charge in [0.1, 0.15) is 17.6 Å². The van der Waals surface area contributed by atoms with Crippen LogP contribution in [-0.4, -0.2) is 38.9 Å². The van der Waals surface area contributed by atoms with Gasteiger partial charge in [0.2, 0.25) is 0 Å². The summed E-state index contributed by atoms with van der Waals surface area (Å²) in [6.07, 6.45) is 3.20. The van der Waals surface area contributed by atoms with Crippen LogP contribution in [0.2, 0.25) is 0 Å². The molecule has 0 radical (unpaired) electrons. The van der Waals surface area contributed by atoms with Gasteiger partial charge >= 0.3 is 10.2 Å². The van der Waals surface area contributed by atoms with Gasteiger partial charge in [-0.3, -0.25) is 0 Å². The standard InChI is InChI=1S/C11H20N2O5S2/c1-5-9-6-7-11(18-9)10(8-17-2)12-20(15,16)13-19(3,4)14/h6-7,10,12H,5,8H2,1-4H3. The van der Waals surface area contributed by atoms with Crippen molar-refractivity contribution in [3.05, 3.63) is 23.7 Å². The maximum Gasteiger partial charge on any atom is 0.328 e. The lowest BCUT2D eigenvalue weighted by Gasteiger charge is -2.14. The predicted octanol–water partition coefficient (Wildman–Crippen LogP) is 1.09. The molecule has 1 aromatic heterocycles. The molecular formula is C11H20N2O5S2. The molecule has 20 heavy (non-hydrogen) atoms. The summed E-state index contributed by atoms with van der Waals surface area (Å²) in [5, 5.41) is 0. The van der Waals surface area contributed by atoms with E-state index < -0.39 is 26.0 Å². The Bertz CT molecular complexity index is 648. The monoisotopic (exact) mass is 324 g/mol. The molecule has 1 aromatic rings. The van der Waals surface area contributed by atoms with Gasteiger partial charge in [0.05, 0.1) is 16.3 Å². The van der Waals surface area contributed by atoms with Gasteiger partial charge in [-0.05, 0) is 12.1 Å². The lowest BCUT2D eigenvalue weighted by molar-refractivity contribution is 0.166. The van der Waals surface area contributed by atoms with E-state index in [9.17, 15) is 12.6 Å². The normalized spacial score (nSPS) is 14.2.